The number of nitro benzene ring substituents is 1. The van der Waals surface area contributed by atoms with E-state index in [-0.39, 0.29) is 5.69 Å². The quantitative estimate of drug-likeness (QED) is 0.690. The number of nitrogens with zero attached hydrogens (tertiary/aromatic N) is 3. The van der Waals surface area contributed by atoms with Gasteiger partial charge in [0.05, 0.1) is 27.4 Å². The van der Waals surface area contributed by atoms with Gasteiger partial charge in [0.1, 0.15) is 5.69 Å². The molecule has 0 atom stereocenters. The monoisotopic (exact) mass is 320 g/mol. The van der Waals surface area contributed by atoms with Gasteiger partial charge >= 0.3 is 6.18 Å². The number of nitrogens with one attached hydrogen (secondary N) is 1. The molecule has 2 aromatic rings. The molecule has 21 heavy (non-hydrogen) atoms. The third-order valence-corrected chi connectivity index (χ3v) is 2.88. The average molecular weight is 321 g/mol. The molecule has 1 N–H and O–H groups in total. The van der Waals surface area contributed by atoms with Gasteiger partial charge in [0.2, 0.25) is 0 Å². The number of nitro groups is 1. The highest BCUT2D eigenvalue weighted by molar-refractivity contribution is 6.31. The first kappa shape index (κ1) is 15.1. The molecule has 0 unspecified atom stereocenters. The van der Waals surface area contributed by atoms with Crippen molar-refractivity contribution in [2.45, 2.75) is 6.18 Å². The number of aryl methyl sites for hydroxylation is 1. The van der Waals surface area contributed by atoms with Gasteiger partial charge in [-0.05, 0) is 6.07 Å². The first-order chi connectivity index (χ1) is 9.68. The van der Waals surface area contributed by atoms with Crippen LogP contribution >= 0.6 is 11.6 Å². The average Bonchev–Trinajstić information content (AvgIpc) is 2.72. The van der Waals surface area contributed by atoms with Gasteiger partial charge in [-0.1, -0.05) is 11.6 Å². The summed E-state index contributed by atoms with van der Waals surface area (Å²) in [6.45, 7) is 0. The van der Waals surface area contributed by atoms with Crippen molar-refractivity contribution >= 4 is 28.7 Å². The van der Waals surface area contributed by atoms with Crippen LogP contribution in [-0.2, 0) is 13.2 Å². The first-order valence-electron chi connectivity index (χ1n) is 5.49. The first-order valence-corrected chi connectivity index (χ1v) is 5.87. The van der Waals surface area contributed by atoms with E-state index in [1.807, 2.05) is 0 Å². The van der Waals surface area contributed by atoms with Crippen molar-refractivity contribution in [2.75, 3.05) is 5.32 Å². The van der Waals surface area contributed by atoms with E-state index in [1.54, 1.807) is 7.05 Å². The molecular formula is C11H8ClF3N4O2. The van der Waals surface area contributed by atoms with Gasteiger partial charge in [-0.15, -0.1) is 0 Å². The van der Waals surface area contributed by atoms with Crippen molar-refractivity contribution < 1.29 is 18.1 Å². The maximum atomic E-state index is 12.7. The largest absolute Gasteiger partial charge is 0.418 e. The number of aromatic nitrogens is 2. The van der Waals surface area contributed by atoms with Crippen LogP contribution in [0.15, 0.2) is 24.5 Å². The Kier molecular flexibility index (Phi) is 3.77. The third-order valence-electron chi connectivity index (χ3n) is 2.57. The van der Waals surface area contributed by atoms with Crippen molar-refractivity contribution in [3.63, 3.8) is 0 Å². The Labute approximate surface area is 121 Å². The van der Waals surface area contributed by atoms with E-state index >= 15 is 0 Å². The molecule has 0 bridgehead atoms. The van der Waals surface area contributed by atoms with Crippen molar-refractivity contribution in [3.8, 4) is 0 Å². The molecule has 0 spiro atoms. The molecular weight excluding hydrogens is 313 g/mol. The molecule has 0 saturated heterocycles. The van der Waals surface area contributed by atoms with Gasteiger partial charge < -0.3 is 5.32 Å². The molecule has 0 aliphatic heterocycles. The zero-order valence-corrected chi connectivity index (χ0v) is 11.2. The van der Waals surface area contributed by atoms with Crippen molar-refractivity contribution in [1.29, 1.82) is 0 Å². The smallest absolute Gasteiger partial charge is 0.347 e. The fourth-order valence-corrected chi connectivity index (χ4v) is 1.94. The second-order valence-electron chi connectivity index (χ2n) is 4.13. The molecule has 0 radical (unpaired) electrons. The molecule has 1 aromatic heterocycles. The molecule has 0 fully saturated rings. The minimum Gasteiger partial charge on any atom is -0.347 e. The van der Waals surface area contributed by atoms with Crippen molar-refractivity contribution in [3.05, 3.63) is 45.2 Å². The van der Waals surface area contributed by atoms with E-state index in [1.165, 1.54) is 17.1 Å². The number of anilines is 2. The van der Waals surface area contributed by atoms with E-state index < -0.39 is 27.4 Å². The molecule has 112 valence electrons. The van der Waals surface area contributed by atoms with E-state index in [0.29, 0.717) is 11.8 Å². The fourth-order valence-electron chi connectivity index (χ4n) is 1.67. The summed E-state index contributed by atoms with van der Waals surface area (Å²) >= 11 is 5.56. The van der Waals surface area contributed by atoms with E-state index in [9.17, 15) is 23.3 Å². The third kappa shape index (κ3) is 3.24. The predicted octanol–water partition coefficient (Wildman–Crippen LogP) is 3.74. The zero-order valence-electron chi connectivity index (χ0n) is 10.5. The molecule has 2 rings (SSSR count). The number of hydrogen-bond acceptors (Lipinski definition) is 4. The number of alkyl halides is 3. The molecule has 0 aliphatic carbocycles. The molecule has 0 amide bonds. The number of rotatable bonds is 3. The number of benzene rings is 1. The number of hydrogen-bond donors (Lipinski definition) is 1. The van der Waals surface area contributed by atoms with Crippen LogP contribution in [0.5, 0.6) is 0 Å². The van der Waals surface area contributed by atoms with Crippen LogP contribution in [0.3, 0.4) is 0 Å². The van der Waals surface area contributed by atoms with Crippen LogP contribution in [0.2, 0.25) is 5.02 Å². The topological polar surface area (TPSA) is 73.0 Å². The summed E-state index contributed by atoms with van der Waals surface area (Å²) in [7, 11) is 1.62. The second kappa shape index (κ2) is 5.24. The summed E-state index contributed by atoms with van der Waals surface area (Å²) in [5.41, 5.74) is -1.74. The Balaban J connectivity index is 2.50. The summed E-state index contributed by atoms with van der Waals surface area (Å²) < 4.78 is 39.6. The van der Waals surface area contributed by atoms with Crippen LogP contribution < -0.4 is 5.32 Å². The lowest BCUT2D eigenvalue weighted by atomic mass is 10.1. The number of halogens is 4. The zero-order chi connectivity index (χ0) is 15.8. The van der Waals surface area contributed by atoms with Crippen LogP contribution in [0.1, 0.15) is 5.56 Å². The SMILES string of the molecule is Cn1cc(Nc2cc(Cl)c(C(F)(F)F)cc2[N+](=O)[O-])cn1. The van der Waals surface area contributed by atoms with E-state index in [0.717, 1.165) is 6.07 Å². The van der Waals surface area contributed by atoms with Gasteiger partial charge in [0, 0.05) is 19.3 Å². The van der Waals surface area contributed by atoms with Crippen molar-refractivity contribution in [1.82, 2.24) is 9.78 Å². The van der Waals surface area contributed by atoms with Crippen LogP contribution in [0.25, 0.3) is 0 Å². The lowest BCUT2D eigenvalue weighted by Gasteiger charge is -2.11. The second-order valence-corrected chi connectivity index (χ2v) is 4.54. The normalized spacial score (nSPS) is 11.5. The molecule has 0 aliphatic rings. The summed E-state index contributed by atoms with van der Waals surface area (Å²) in [4.78, 5) is 10.0. The van der Waals surface area contributed by atoms with Gasteiger partial charge in [-0.3, -0.25) is 14.8 Å². The maximum Gasteiger partial charge on any atom is 0.418 e. The predicted molar refractivity (Wildman–Crippen MR) is 69.6 cm³/mol. The Morgan fingerprint density at radius 3 is 2.57 bits per heavy atom. The minimum atomic E-state index is -4.77. The lowest BCUT2D eigenvalue weighted by Crippen LogP contribution is -2.08. The summed E-state index contributed by atoms with van der Waals surface area (Å²) in [6, 6.07) is 1.27. The highest BCUT2D eigenvalue weighted by Gasteiger charge is 2.36. The van der Waals surface area contributed by atoms with E-state index in [4.69, 9.17) is 11.6 Å². The van der Waals surface area contributed by atoms with Crippen LogP contribution in [-0.4, -0.2) is 14.7 Å². The van der Waals surface area contributed by atoms with Gasteiger partial charge in [-0.2, -0.15) is 18.3 Å². The van der Waals surface area contributed by atoms with Crippen LogP contribution in [0.4, 0.5) is 30.2 Å². The Bertz CT molecular complexity index is 699. The molecule has 0 saturated carbocycles. The molecule has 6 nitrogen and oxygen atoms in total. The van der Waals surface area contributed by atoms with Gasteiger partial charge in [0.25, 0.3) is 5.69 Å². The Morgan fingerprint density at radius 1 is 1.43 bits per heavy atom. The summed E-state index contributed by atoms with van der Waals surface area (Å²) in [5.74, 6) is 0. The Morgan fingerprint density at radius 2 is 2.10 bits per heavy atom. The summed E-state index contributed by atoms with van der Waals surface area (Å²) in [5, 5.41) is 16.8. The molecule has 10 heteroatoms. The lowest BCUT2D eigenvalue weighted by molar-refractivity contribution is -0.384. The maximum absolute atomic E-state index is 12.7. The highest BCUT2D eigenvalue weighted by atomic mass is 35.5. The van der Waals surface area contributed by atoms with Gasteiger partial charge in [0.15, 0.2) is 0 Å². The fraction of sp³-hybridized carbons (Fsp3) is 0.182. The van der Waals surface area contributed by atoms with Crippen molar-refractivity contribution in [2.24, 2.45) is 7.05 Å². The minimum absolute atomic E-state index is 0.147. The highest BCUT2D eigenvalue weighted by Crippen LogP contribution is 2.40. The summed E-state index contributed by atoms with van der Waals surface area (Å²) in [6.07, 6.45) is -1.89. The Hall–Kier alpha value is -2.29. The van der Waals surface area contributed by atoms with Crippen LogP contribution in [0, 0.1) is 10.1 Å². The standard InChI is InChI=1S/C11H8ClF3N4O2/c1-18-5-6(4-16-18)17-9-3-8(12)7(11(13,14)15)2-10(9)19(20)21/h2-5,17H,1H3. The van der Waals surface area contributed by atoms with Gasteiger partial charge in [-0.25, -0.2) is 0 Å². The molecule has 1 heterocycles. The van der Waals surface area contributed by atoms with E-state index in [2.05, 4.69) is 10.4 Å². The molecule has 1 aromatic carbocycles.